The highest BCUT2D eigenvalue weighted by Crippen LogP contribution is 2.19. The summed E-state index contributed by atoms with van der Waals surface area (Å²) in [6, 6.07) is 12.3. The second kappa shape index (κ2) is 12.5. The first-order chi connectivity index (χ1) is 16.8. The molecule has 2 aromatic carbocycles. The van der Waals surface area contributed by atoms with Crippen LogP contribution in [0.25, 0.3) is 0 Å². The number of benzene rings is 2. The number of carbonyl (C=O) groups is 2. The van der Waals surface area contributed by atoms with Crippen molar-refractivity contribution in [2.24, 2.45) is 16.5 Å². The summed E-state index contributed by atoms with van der Waals surface area (Å²) in [4.78, 5) is 27.9. The molecule has 11 heteroatoms. The molecule has 1 amide bonds. The summed E-state index contributed by atoms with van der Waals surface area (Å²) in [5.41, 5.74) is 10.8. The van der Waals surface area contributed by atoms with Crippen LogP contribution in [-0.2, 0) is 30.8 Å². The standard InChI is InChI=1S/C25H34N4O6S/c1-17-8-5-6-9-21(17)36(32,33)29-20(23(31)35-25(2,3)4)16-18-11-13-19(14-12-18)34-15-7-10-22(30)28-24(26)27/h5-6,8-9,11-14,20,29H,7,10,15-16H2,1-4H3,(H4,26,27,28,30)/t20-/m0/s1. The van der Waals surface area contributed by atoms with Crippen LogP contribution in [0.4, 0.5) is 0 Å². The molecule has 0 fully saturated rings. The molecular weight excluding hydrogens is 484 g/mol. The van der Waals surface area contributed by atoms with Gasteiger partial charge in [0.15, 0.2) is 5.96 Å². The summed E-state index contributed by atoms with van der Waals surface area (Å²) >= 11 is 0. The van der Waals surface area contributed by atoms with Gasteiger partial charge in [0.25, 0.3) is 0 Å². The lowest BCUT2D eigenvalue weighted by molar-refractivity contribution is -0.156. The third kappa shape index (κ3) is 9.67. The van der Waals surface area contributed by atoms with Crippen molar-refractivity contribution in [1.29, 1.82) is 0 Å². The van der Waals surface area contributed by atoms with E-state index < -0.39 is 33.5 Å². The van der Waals surface area contributed by atoms with Crippen molar-refractivity contribution in [2.75, 3.05) is 6.61 Å². The molecule has 1 atom stereocenters. The summed E-state index contributed by atoms with van der Waals surface area (Å²) in [5.74, 6) is -0.814. The van der Waals surface area contributed by atoms with Crippen molar-refractivity contribution in [1.82, 2.24) is 4.72 Å². The molecule has 2 rings (SSSR count). The zero-order valence-electron chi connectivity index (χ0n) is 21.0. The minimum Gasteiger partial charge on any atom is -0.494 e. The second-order valence-electron chi connectivity index (χ2n) is 9.20. The van der Waals surface area contributed by atoms with Gasteiger partial charge in [0.05, 0.1) is 11.5 Å². The topological polar surface area (TPSA) is 163 Å². The van der Waals surface area contributed by atoms with Crippen LogP contribution >= 0.6 is 0 Å². The van der Waals surface area contributed by atoms with Crippen LogP contribution in [0, 0.1) is 6.92 Å². The average molecular weight is 519 g/mol. The van der Waals surface area contributed by atoms with Crippen molar-refractivity contribution in [3.05, 3.63) is 59.7 Å². The Hall–Kier alpha value is -3.44. The summed E-state index contributed by atoms with van der Waals surface area (Å²) in [5, 5.41) is 0. The molecular formula is C25H34N4O6S. The zero-order chi connectivity index (χ0) is 26.9. The number of aliphatic imine (C=N–C) groups is 1. The molecule has 36 heavy (non-hydrogen) atoms. The normalized spacial score (nSPS) is 12.4. The van der Waals surface area contributed by atoms with Gasteiger partial charge in [-0.05, 0) is 69.9 Å². The molecule has 0 aromatic heterocycles. The van der Waals surface area contributed by atoms with E-state index in [9.17, 15) is 18.0 Å². The minimum atomic E-state index is -3.98. The van der Waals surface area contributed by atoms with Crippen molar-refractivity contribution < 1.29 is 27.5 Å². The predicted molar refractivity (Wildman–Crippen MR) is 137 cm³/mol. The van der Waals surface area contributed by atoms with E-state index >= 15 is 0 Å². The lowest BCUT2D eigenvalue weighted by Gasteiger charge is -2.25. The number of esters is 1. The SMILES string of the molecule is Cc1ccccc1S(=O)(=O)N[C@@H](Cc1ccc(OCCCC(=O)N=C(N)N)cc1)C(=O)OC(C)(C)C. The number of guanidine groups is 1. The number of ether oxygens (including phenoxy) is 2. The van der Waals surface area contributed by atoms with Gasteiger partial charge in [0, 0.05) is 6.42 Å². The van der Waals surface area contributed by atoms with Crippen LogP contribution in [0.1, 0.15) is 44.7 Å². The molecule has 0 aliphatic rings. The van der Waals surface area contributed by atoms with Crippen LogP contribution in [0.2, 0.25) is 0 Å². The third-order valence-electron chi connectivity index (χ3n) is 4.79. The summed E-state index contributed by atoms with van der Waals surface area (Å²) in [7, 11) is -3.98. The lowest BCUT2D eigenvalue weighted by atomic mass is 10.1. The lowest BCUT2D eigenvalue weighted by Crippen LogP contribution is -2.45. The number of hydrogen-bond acceptors (Lipinski definition) is 6. The Morgan fingerprint density at radius 3 is 2.28 bits per heavy atom. The first-order valence-corrected chi connectivity index (χ1v) is 12.9. The Kier molecular flexibility index (Phi) is 10.00. The van der Waals surface area contributed by atoms with Gasteiger partial charge in [-0.25, -0.2) is 8.42 Å². The number of nitrogens with two attached hydrogens (primary N) is 2. The molecule has 0 unspecified atom stereocenters. The molecule has 0 aliphatic carbocycles. The highest BCUT2D eigenvalue weighted by atomic mass is 32.2. The van der Waals surface area contributed by atoms with Crippen LogP contribution in [0.5, 0.6) is 5.75 Å². The maximum atomic E-state index is 13.0. The number of aryl methyl sites for hydroxylation is 1. The van der Waals surface area contributed by atoms with E-state index in [0.717, 1.165) is 0 Å². The molecule has 196 valence electrons. The largest absolute Gasteiger partial charge is 0.494 e. The number of nitrogens with one attached hydrogen (secondary N) is 1. The molecule has 0 radical (unpaired) electrons. The number of sulfonamides is 1. The third-order valence-corrected chi connectivity index (χ3v) is 6.42. The van der Waals surface area contributed by atoms with E-state index in [-0.39, 0.29) is 30.3 Å². The molecule has 0 aliphatic heterocycles. The summed E-state index contributed by atoms with van der Waals surface area (Å²) in [6.07, 6.45) is 0.653. The number of hydrogen-bond donors (Lipinski definition) is 3. The Labute approximate surface area is 212 Å². The van der Waals surface area contributed by atoms with Gasteiger partial charge in [0.2, 0.25) is 15.9 Å². The second-order valence-corrected chi connectivity index (χ2v) is 10.9. The molecule has 0 saturated carbocycles. The van der Waals surface area contributed by atoms with Crippen LogP contribution in [0.3, 0.4) is 0 Å². The van der Waals surface area contributed by atoms with Crippen molar-refractivity contribution in [3.8, 4) is 5.75 Å². The molecule has 0 saturated heterocycles. The van der Waals surface area contributed by atoms with Crippen LogP contribution < -0.4 is 20.9 Å². The highest BCUT2D eigenvalue weighted by molar-refractivity contribution is 7.89. The first-order valence-electron chi connectivity index (χ1n) is 11.4. The van der Waals surface area contributed by atoms with E-state index in [1.807, 2.05) is 0 Å². The number of amides is 1. The Bertz CT molecular complexity index is 1180. The summed E-state index contributed by atoms with van der Waals surface area (Å²) < 4.78 is 39.7. The first kappa shape index (κ1) is 28.8. The van der Waals surface area contributed by atoms with Gasteiger partial charge < -0.3 is 20.9 Å². The predicted octanol–water partition coefficient (Wildman–Crippen LogP) is 2.19. The average Bonchev–Trinajstić information content (AvgIpc) is 2.75. The van der Waals surface area contributed by atoms with Crippen LogP contribution in [-0.4, -0.2) is 44.5 Å². The van der Waals surface area contributed by atoms with Gasteiger partial charge in [0.1, 0.15) is 17.4 Å². The molecule has 0 spiro atoms. The van der Waals surface area contributed by atoms with E-state index in [0.29, 0.717) is 23.3 Å². The Morgan fingerprint density at radius 1 is 1.06 bits per heavy atom. The summed E-state index contributed by atoms with van der Waals surface area (Å²) in [6.45, 7) is 7.12. The fraction of sp³-hybridized carbons (Fsp3) is 0.400. The van der Waals surface area contributed by atoms with Gasteiger partial charge in [-0.15, -0.1) is 0 Å². The van der Waals surface area contributed by atoms with E-state index in [1.165, 1.54) is 6.07 Å². The molecule has 0 bridgehead atoms. The van der Waals surface area contributed by atoms with Crippen LogP contribution in [0.15, 0.2) is 58.4 Å². The smallest absolute Gasteiger partial charge is 0.325 e. The van der Waals surface area contributed by atoms with E-state index in [1.54, 1.807) is 70.2 Å². The van der Waals surface area contributed by atoms with Gasteiger partial charge >= 0.3 is 5.97 Å². The number of carbonyl (C=O) groups excluding carboxylic acids is 2. The van der Waals surface area contributed by atoms with Gasteiger partial charge in [-0.3, -0.25) is 9.59 Å². The fourth-order valence-corrected chi connectivity index (χ4v) is 4.66. The van der Waals surface area contributed by atoms with E-state index in [2.05, 4.69) is 9.71 Å². The molecule has 0 heterocycles. The monoisotopic (exact) mass is 518 g/mol. The Balaban J connectivity index is 2.09. The maximum Gasteiger partial charge on any atom is 0.325 e. The Morgan fingerprint density at radius 2 is 1.69 bits per heavy atom. The van der Waals surface area contributed by atoms with Gasteiger partial charge in [-0.2, -0.15) is 9.71 Å². The zero-order valence-corrected chi connectivity index (χ0v) is 21.8. The fourth-order valence-electron chi connectivity index (χ4n) is 3.23. The van der Waals surface area contributed by atoms with Crippen molar-refractivity contribution >= 4 is 27.9 Å². The minimum absolute atomic E-state index is 0.0767. The number of nitrogens with zero attached hydrogens (tertiary/aromatic N) is 1. The maximum absolute atomic E-state index is 13.0. The van der Waals surface area contributed by atoms with Gasteiger partial charge in [-0.1, -0.05) is 30.3 Å². The highest BCUT2D eigenvalue weighted by Gasteiger charge is 2.30. The number of rotatable bonds is 11. The molecule has 2 aromatic rings. The van der Waals surface area contributed by atoms with Crippen molar-refractivity contribution in [3.63, 3.8) is 0 Å². The quantitative estimate of drug-likeness (QED) is 0.176. The molecule has 5 N–H and O–H groups in total. The molecule has 10 nitrogen and oxygen atoms in total. The van der Waals surface area contributed by atoms with E-state index in [4.69, 9.17) is 20.9 Å². The van der Waals surface area contributed by atoms with Crippen molar-refractivity contribution in [2.45, 2.75) is 63.5 Å².